The SMILES string of the molecule is CC(=O)Nc1nc(C)c(S(=O)(=O)N2CCC(C(=O)N3CCN(c4ccnc5ccccc45)CC3)C2)s1. The van der Waals surface area contributed by atoms with Crippen molar-refractivity contribution >= 4 is 54.9 Å². The van der Waals surface area contributed by atoms with E-state index < -0.39 is 10.0 Å². The Morgan fingerprint density at radius 1 is 1.08 bits per heavy atom. The van der Waals surface area contributed by atoms with Crippen LogP contribution in [0.2, 0.25) is 0 Å². The van der Waals surface area contributed by atoms with Gasteiger partial charge in [0.05, 0.1) is 17.1 Å². The van der Waals surface area contributed by atoms with Gasteiger partial charge >= 0.3 is 0 Å². The first kappa shape index (κ1) is 24.6. The van der Waals surface area contributed by atoms with Crippen molar-refractivity contribution in [3.63, 3.8) is 0 Å². The molecule has 1 unspecified atom stereocenters. The number of anilines is 2. The van der Waals surface area contributed by atoms with Crippen molar-refractivity contribution in [3.8, 4) is 0 Å². The van der Waals surface area contributed by atoms with Crippen LogP contribution in [0.5, 0.6) is 0 Å². The second-order valence-corrected chi connectivity index (χ2v) is 12.2. The molecule has 2 aromatic heterocycles. The van der Waals surface area contributed by atoms with Gasteiger partial charge < -0.3 is 15.1 Å². The van der Waals surface area contributed by atoms with Gasteiger partial charge in [0.15, 0.2) is 9.34 Å². The fourth-order valence-corrected chi connectivity index (χ4v) is 7.97. The van der Waals surface area contributed by atoms with Gasteiger partial charge in [-0.05, 0) is 25.5 Å². The fourth-order valence-electron chi connectivity index (χ4n) is 4.87. The lowest BCUT2D eigenvalue weighted by molar-refractivity contribution is -0.135. The number of nitrogens with zero attached hydrogens (tertiary/aromatic N) is 5. The van der Waals surface area contributed by atoms with Crippen LogP contribution >= 0.6 is 11.3 Å². The zero-order valence-electron chi connectivity index (χ0n) is 20.2. The Morgan fingerprint density at radius 2 is 1.83 bits per heavy atom. The number of piperazine rings is 1. The molecule has 5 rings (SSSR count). The number of benzene rings is 1. The number of nitrogens with one attached hydrogen (secondary N) is 1. The topological polar surface area (TPSA) is 116 Å². The molecule has 2 aliphatic rings. The molecule has 0 aliphatic carbocycles. The summed E-state index contributed by atoms with van der Waals surface area (Å²) < 4.78 is 28.0. The molecule has 1 atom stereocenters. The number of pyridine rings is 1. The molecule has 0 bridgehead atoms. The maximum atomic E-state index is 13.3. The molecular formula is C24H28N6O4S2. The number of aromatic nitrogens is 2. The van der Waals surface area contributed by atoms with Crippen molar-refractivity contribution in [1.82, 2.24) is 19.2 Å². The van der Waals surface area contributed by atoms with Gasteiger partial charge in [-0.3, -0.25) is 14.6 Å². The molecule has 0 radical (unpaired) electrons. The van der Waals surface area contributed by atoms with Gasteiger partial charge in [0, 0.05) is 63.5 Å². The standard InChI is InChI=1S/C24H28N6O4S2/c1-16-23(35-24(26-16)27-17(2)31)36(33,34)30-10-8-18(15-30)22(32)29-13-11-28(12-14-29)21-7-9-25-20-6-4-3-5-19(20)21/h3-7,9,18H,8,10-15H2,1-2H3,(H,26,27,31). The molecule has 2 amide bonds. The Bertz CT molecular complexity index is 1410. The third kappa shape index (κ3) is 4.67. The van der Waals surface area contributed by atoms with Crippen LogP contribution in [0.15, 0.2) is 40.7 Å². The van der Waals surface area contributed by atoms with Gasteiger partial charge in [-0.15, -0.1) is 0 Å². The van der Waals surface area contributed by atoms with Crippen molar-refractivity contribution in [2.75, 3.05) is 49.5 Å². The molecule has 10 nitrogen and oxygen atoms in total. The minimum atomic E-state index is -3.79. The van der Waals surface area contributed by atoms with E-state index >= 15 is 0 Å². The van der Waals surface area contributed by atoms with Crippen molar-refractivity contribution < 1.29 is 18.0 Å². The number of carbonyl (C=O) groups excluding carboxylic acids is 2. The highest BCUT2D eigenvalue weighted by Crippen LogP contribution is 2.33. The highest BCUT2D eigenvalue weighted by atomic mass is 32.2. The maximum Gasteiger partial charge on any atom is 0.254 e. The molecule has 3 aromatic rings. The highest BCUT2D eigenvalue weighted by molar-refractivity contribution is 7.91. The van der Waals surface area contributed by atoms with E-state index in [-0.39, 0.29) is 40.2 Å². The molecule has 36 heavy (non-hydrogen) atoms. The lowest BCUT2D eigenvalue weighted by Gasteiger charge is -2.37. The Balaban J connectivity index is 1.22. The number of hydrogen-bond acceptors (Lipinski definition) is 8. The first-order valence-corrected chi connectivity index (χ1v) is 14.1. The molecule has 4 heterocycles. The van der Waals surface area contributed by atoms with E-state index in [0.29, 0.717) is 38.3 Å². The number of aryl methyl sites for hydroxylation is 1. The largest absolute Gasteiger partial charge is 0.367 e. The quantitative estimate of drug-likeness (QED) is 0.540. The van der Waals surface area contributed by atoms with Crippen LogP contribution in [-0.2, 0) is 19.6 Å². The van der Waals surface area contributed by atoms with E-state index in [4.69, 9.17) is 0 Å². The number of rotatable bonds is 5. The molecule has 1 N–H and O–H groups in total. The minimum Gasteiger partial charge on any atom is -0.367 e. The van der Waals surface area contributed by atoms with Gasteiger partial charge in [-0.25, -0.2) is 13.4 Å². The van der Waals surface area contributed by atoms with Crippen LogP contribution in [0.3, 0.4) is 0 Å². The normalized spacial score (nSPS) is 19.1. The number of hydrogen-bond donors (Lipinski definition) is 1. The molecule has 2 saturated heterocycles. The summed E-state index contributed by atoms with van der Waals surface area (Å²) in [6.07, 6.45) is 2.30. The smallest absolute Gasteiger partial charge is 0.254 e. The third-order valence-electron chi connectivity index (χ3n) is 6.67. The predicted octanol–water partition coefficient (Wildman–Crippen LogP) is 2.32. The Hall–Kier alpha value is -3.09. The lowest BCUT2D eigenvalue weighted by Crippen LogP contribution is -2.50. The number of amides is 2. The first-order chi connectivity index (χ1) is 17.2. The number of carbonyl (C=O) groups is 2. The first-order valence-electron chi connectivity index (χ1n) is 11.9. The molecule has 0 spiro atoms. The van der Waals surface area contributed by atoms with Crippen molar-refractivity contribution in [3.05, 3.63) is 42.2 Å². The summed E-state index contributed by atoms with van der Waals surface area (Å²) in [5.74, 6) is -0.667. The van der Waals surface area contributed by atoms with Crippen molar-refractivity contribution in [1.29, 1.82) is 0 Å². The molecule has 1 aromatic carbocycles. The van der Waals surface area contributed by atoms with E-state index in [9.17, 15) is 18.0 Å². The number of para-hydroxylation sites is 1. The van der Waals surface area contributed by atoms with Gasteiger partial charge in [0.25, 0.3) is 10.0 Å². The average Bonchev–Trinajstić information content (AvgIpc) is 3.51. The second-order valence-electron chi connectivity index (χ2n) is 9.08. The zero-order chi connectivity index (χ0) is 25.4. The summed E-state index contributed by atoms with van der Waals surface area (Å²) in [6.45, 7) is 6.00. The van der Waals surface area contributed by atoms with E-state index in [0.717, 1.165) is 27.9 Å². The third-order valence-corrected chi connectivity index (χ3v) is 10.2. The average molecular weight is 529 g/mol. The second kappa shape index (κ2) is 9.75. The lowest BCUT2D eigenvalue weighted by atomic mass is 10.1. The molecule has 12 heteroatoms. The van der Waals surface area contributed by atoms with Gasteiger partial charge in [0.2, 0.25) is 11.8 Å². The summed E-state index contributed by atoms with van der Waals surface area (Å²) in [5, 5.41) is 3.89. The Morgan fingerprint density at radius 3 is 2.58 bits per heavy atom. The summed E-state index contributed by atoms with van der Waals surface area (Å²) in [5.41, 5.74) is 2.41. The Labute approximate surface area is 214 Å². The minimum absolute atomic E-state index is 0.00639. The number of thiazole rings is 1. The fraction of sp³-hybridized carbons (Fsp3) is 0.417. The van der Waals surface area contributed by atoms with E-state index in [1.165, 1.54) is 11.2 Å². The summed E-state index contributed by atoms with van der Waals surface area (Å²) in [6, 6.07) is 10.0. The van der Waals surface area contributed by atoms with Gasteiger partial charge in [0.1, 0.15) is 0 Å². The van der Waals surface area contributed by atoms with Crippen LogP contribution in [0, 0.1) is 12.8 Å². The maximum absolute atomic E-state index is 13.3. The summed E-state index contributed by atoms with van der Waals surface area (Å²) in [4.78, 5) is 37.3. The molecule has 2 aliphatic heterocycles. The molecule has 0 saturated carbocycles. The van der Waals surface area contributed by atoms with Crippen molar-refractivity contribution in [2.24, 2.45) is 5.92 Å². The van der Waals surface area contributed by atoms with Crippen LogP contribution in [0.4, 0.5) is 10.8 Å². The van der Waals surface area contributed by atoms with Crippen LogP contribution in [0.25, 0.3) is 10.9 Å². The zero-order valence-corrected chi connectivity index (χ0v) is 21.8. The number of sulfonamides is 1. The highest BCUT2D eigenvalue weighted by Gasteiger charge is 2.39. The summed E-state index contributed by atoms with van der Waals surface area (Å²) in [7, 11) is -3.79. The van der Waals surface area contributed by atoms with E-state index in [2.05, 4.69) is 26.3 Å². The monoisotopic (exact) mass is 528 g/mol. The predicted molar refractivity (Wildman–Crippen MR) is 139 cm³/mol. The number of fused-ring (bicyclic) bond motifs is 1. The van der Waals surface area contributed by atoms with Gasteiger partial charge in [-0.2, -0.15) is 4.31 Å². The molecular weight excluding hydrogens is 500 g/mol. The Kier molecular flexibility index (Phi) is 6.66. The van der Waals surface area contributed by atoms with Gasteiger partial charge in [-0.1, -0.05) is 29.5 Å². The van der Waals surface area contributed by atoms with Crippen LogP contribution in [0.1, 0.15) is 19.0 Å². The van der Waals surface area contributed by atoms with Crippen LogP contribution < -0.4 is 10.2 Å². The van der Waals surface area contributed by atoms with Crippen molar-refractivity contribution in [2.45, 2.75) is 24.5 Å². The summed E-state index contributed by atoms with van der Waals surface area (Å²) >= 11 is 0.940. The molecule has 2 fully saturated rings. The van der Waals surface area contributed by atoms with E-state index in [1.54, 1.807) is 6.92 Å². The van der Waals surface area contributed by atoms with E-state index in [1.807, 2.05) is 35.4 Å². The molecule has 190 valence electrons. The van der Waals surface area contributed by atoms with Crippen LogP contribution in [-0.4, -0.2) is 78.7 Å².